The van der Waals surface area contributed by atoms with E-state index in [-0.39, 0.29) is 10.8 Å². The lowest BCUT2D eigenvalue weighted by Gasteiger charge is -2.36. The summed E-state index contributed by atoms with van der Waals surface area (Å²) in [7, 11) is 1.44. The van der Waals surface area contributed by atoms with Crippen LogP contribution in [0.3, 0.4) is 0 Å². The number of para-hydroxylation sites is 4. The number of aromatic nitrogens is 2. The maximum atomic E-state index is 12.9. The standard InChI is InChI=1S/C79H67N5Si/c1-49-26-11-18-34-62(49)81(9)74-61(48-80)75(83-64-36-20-13-28-53(64)59-46-51(78(3,4)5)42-44-66(59)83)76(82(10)63-35-19-12-27-50(63)2)73(77(74)84-65-37-21-14-29-54(65)60-47-52(79(6,7)8)43-45-67(60)84)58-33-25-41-71-72(58)57-32-17-24-40-70(57)85(71)68-38-22-15-30-55(68)56-31-16-23-39-69(56)85/h11-47H,1-10H3. The SMILES string of the molecule is Cc1ccccc1N(C)c1c(-c2cccc3c2-c2ccccc2[Si]32c3ccccc3-c3ccccc32)c(-n2c3ccccc3c3cc(C(C)(C)C)ccc32)c(N(C)c2ccccc2C)c(C#N)c1-n1c2ccccc2c2cc(C(C)(C)C)ccc21. The first-order valence-corrected chi connectivity index (χ1v) is 31.9. The highest BCUT2D eigenvalue weighted by Gasteiger charge is 2.54. The van der Waals surface area contributed by atoms with E-state index in [2.05, 4.69) is 319 Å². The minimum Gasteiger partial charge on any atom is -0.342 e. The lowest BCUT2D eigenvalue weighted by Crippen LogP contribution is -2.70. The molecule has 15 rings (SSSR count). The molecule has 1 spiro atoms. The zero-order chi connectivity index (χ0) is 58.4. The van der Waals surface area contributed by atoms with Crippen LogP contribution in [0.4, 0.5) is 22.7 Å². The molecule has 0 bridgehead atoms. The molecule has 412 valence electrons. The van der Waals surface area contributed by atoms with E-state index in [1.54, 1.807) is 0 Å². The minimum atomic E-state index is -2.99. The maximum absolute atomic E-state index is 12.9. The molecule has 0 unspecified atom stereocenters. The molecule has 6 heteroatoms. The van der Waals surface area contributed by atoms with Crippen LogP contribution in [0.25, 0.3) is 88.4 Å². The molecule has 2 aliphatic heterocycles. The van der Waals surface area contributed by atoms with E-state index >= 15 is 0 Å². The fourth-order valence-electron chi connectivity index (χ4n) is 15.0. The highest BCUT2D eigenvalue weighted by molar-refractivity contribution is 7.24. The van der Waals surface area contributed by atoms with Gasteiger partial charge in [-0.05, 0) is 144 Å². The monoisotopic (exact) mass is 1110 g/mol. The fraction of sp³-hybridized carbons (Fsp3) is 0.152. The Morgan fingerprint density at radius 3 is 1.28 bits per heavy atom. The predicted molar refractivity (Wildman–Crippen MR) is 363 cm³/mol. The van der Waals surface area contributed by atoms with E-state index < -0.39 is 8.07 Å². The smallest absolute Gasteiger partial charge is 0.182 e. The van der Waals surface area contributed by atoms with E-state index in [1.807, 2.05) is 0 Å². The molecule has 0 amide bonds. The first-order valence-electron chi connectivity index (χ1n) is 29.9. The summed E-state index contributed by atoms with van der Waals surface area (Å²) in [6.07, 6.45) is 0. The number of hydrogen-bond donors (Lipinski definition) is 0. The van der Waals surface area contributed by atoms with Gasteiger partial charge in [0.05, 0.1) is 44.8 Å². The molecule has 2 aromatic heterocycles. The summed E-state index contributed by atoms with van der Waals surface area (Å²) in [5, 5.41) is 23.2. The number of anilines is 4. The van der Waals surface area contributed by atoms with Gasteiger partial charge in [-0.3, -0.25) is 0 Å². The van der Waals surface area contributed by atoms with Gasteiger partial charge in [-0.2, -0.15) is 5.26 Å². The van der Waals surface area contributed by atoms with Crippen molar-refractivity contribution in [1.29, 1.82) is 5.26 Å². The van der Waals surface area contributed by atoms with Gasteiger partial charge in [0.1, 0.15) is 11.6 Å². The third kappa shape index (κ3) is 7.39. The van der Waals surface area contributed by atoms with Gasteiger partial charge in [0.15, 0.2) is 8.07 Å². The molecule has 0 saturated carbocycles. The summed E-state index contributed by atoms with van der Waals surface area (Å²) >= 11 is 0. The first-order chi connectivity index (χ1) is 41.1. The van der Waals surface area contributed by atoms with Crippen LogP contribution in [0, 0.1) is 25.2 Å². The summed E-state index contributed by atoms with van der Waals surface area (Å²) in [5.74, 6) is 0. The number of rotatable bonds is 7. The van der Waals surface area contributed by atoms with Gasteiger partial charge >= 0.3 is 0 Å². The van der Waals surface area contributed by atoms with Crippen molar-refractivity contribution in [1.82, 2.24) is 9.13 Å². The second-order valence-corrected chi connectivity index (χ2v) is 29.4. The van der Waals surface area contributed by atoms with Gasteiger partial charge in [0.25, 0.3) is 0 Å². The Hall–Kier alpha value is -9.67. The zero-order valence-electron chi connectivity index (χ0n) is 50.1. The van der Waals surface area contributed by atoms with Crippen molar-refractivity contribution in [2.45, 2.75) is 66.2 Å². The number of fused-ring (bicyclic) bond motifs is 16. The third-order valence-electron chi connectivity index (χ3n) is 18.9. The maximum Gasteiger partial charge on any atom is 0.182 e. The Balaban J connectivity index is 1.24. The number of hydrogen-bond acceptors (Lipinski definition) is 3. The van der Waals surface area contributed by atoms with Crippen molar-refractivity contribution >= 4 is 95.2 Å². The average molecular weight is 1110 g/mol. The summed E-state index contributed by atoms with van der Waals surface area (Å²) < 4.78 is 4.98. The highest BCUT2D eigenvalue weighted by Crippen LogP contribution is 2.56. The van der Waals surface area contributed by atoms with E-state index in [1.165, 1.54) is 59.5 Å². The van der Waals surface area contributed by atoms with Gasteiger partial charge < -0.3 is 18.9 Å². The summed E-state index contributed by atoms with van der Waals surface area (Å²) in [6, 6.07) is 87.4. The molecule has 13 aromatic rings. The molecule has 4 heterocycles. The van der Waals surface area contributed by atoms with Crippen LogP contribution in [0.15, 0.2) is 224 Å². The number of aryl methyl sites for hydroxylation is 2. The second kappa shape index (κ2) is 18.9. The molecule has 85 heavy (non-hydrogen) atoms. The van der Waals surface area contributed by atoms with Crippen molar-refractivity contribution in [2.24, 2.45) is 0 Å². The first kappa shape index (κ1) is 52.2. The molecule has 0 atom stereocenters. The fourth-order valence-corrected chi connectivity index (χ4v) is 20.6. The van der Waals surface area contributed by atoms with Gasteiger partial charge in [0, 0.05) is 52.6 Å². The van der Waals surface area contributed by atoms with Crippen LogP contribution in [0.2, 0.25) is 0 Å². The Labute approximate surface area is 499 Å². The molecule has 0 N–H and O–H groups in total. The minimum absolute atomic E-state index is 0.107. The Morgan fingerprint density at radius 1 is 0.376 bits per heavy atom. The number of nitriles is 1. The van der Waals surface area contributed by atoms with Crippen LogP contribution < -0.4 is 30.5 Å². The molecular weight excluding hydrogens is 1050 g/mol. The van der Waals surface area contributed by atoms with Gasteiger partial charge in [0.2, 0.25) is 0 Å². The lowest BCUT2D eigenvalue weighted by molar-refractivity contribution is 0.591. The van der Waals surface area contributed by atoms with Crippen molar-refractivity contribution in [3.8, 4) is 50.8 Å². The van der Waals surface area contributed by atoms with Crippen LogP contribution in [0.5, 0.6) is 0 Å². The molecule has 0 radical (unpaired) electrons. The largest absolute Gasteiger partial charge is 0.342 e. The lowest BCUT2D eigenvalue weighted by atomic mass is 9.86. The van der Waals surface area contributed by atoms with Crippen LogP contribution >= 0.6 is 0 Å². The molecule has 0 saturated heterocycles. The van der Waals surface area contributed by atoms with Gasteiger partial charge in [-0.25, -0.2) is 0 Å². The van der Waals surface area contributed by atoms with Gasteiger partial charge in [-0.1, -0.05) is 217 Å². The second-order valence-electron chi connectivity index (χ2n) is 25.7. The van der Waals surface area contributed by atoms with Crippen molar-refractivity contribution in [3.05, 3.63) is 252 Å². The summed E-state index contributed by atoms with van der Waals surface area (Å²) in [4.78, 5) is 4.76. The van der Waals surface area contributed by atoms with Crippen LogP contribution in [-0.2, 0) is 10.8 Å². The van der Waals surface area contributed by atoms with E-state index in [4.69, 9.17) is 0 Å². The molecule has 0 aliphatic carbocycles. The molecule has 11 aromatic carbocycles. The summed E-state index contributed by atoms with van der Waals surface area (Å²) in [6.45, 7) is 18.2. The van der Waals surface area contributed by atoms with E-state index in [0.717, 1.165) is 94.6 Å². The number of benzene rings is 11. The Bertz CT molecular complexity index is 4960. The quantitative estimate of drug-likeness (QED) is 0.149. The molecular formula is C79H67N5Si. The normalized spacial score (nSPS) is 13.1. The van der Waals surface area contributed by atoms with Crippen molar-refractivity contribution < 1.29 is 0 Å². The molecule has 0 fully saturated rings. The van der Waals surface area contributed by atoms with Crippen molar-refractivity contribution in [3.63, 3.8) is 0 Å². The molecule has 5 nitrogen and oxygen atoms in total. The van der Waals surface area contributed by atoms with Crippen LogP contribution in [0.1, 0.15) is 69.4 Å². The average Bonchev–Trinajstić information content (AvgIpc) is 1.56. The van der Waals surface area contributed by atoms with Gasteiger partial charge in [-0.15, -0.1) is 0 Å². The van der Waals surface area contributed by atoms with Crippen LogP contribution in [-0.4, -0.2) is 31.3 Å². The topological polar surface area (TPSA) is 40.1 Å². The Kier molecular flexibility index (Phi) is 11.6. The Morgan fingerprint density at radius 2 is 0.776 bits per heavy atom. The van der Waals surface area contributed by atoms with E-state index in [9.17, 15) is 5.26 Å². The van der Waals surface area contributed by atoms with E-state index in [0.29, 0.717) is 5.56 Å². The highest BCUT2D eigenvalue weighted by atomic mass is 28.3. The summed E-state index contributed by atoms with van der Waals surface area (Å²) in [5.41, 5.74) is 22.2. The number of nitrogens with zero attached hydrogens (tertiary/aromatic N) is 5. The molecule has 2 aliphatic rings. The van der Waals surface area contributed by atoms with Crippen molar-refractivity contribution in [2.75, 3.05) is 23.9 Å². The predicted octanol–water partition coefficient (Wildman–Crippen LogP) is 17.5. The zero-order valence-corrected chi connectivity index (χ0v) is 51.1. The third-order valence-corrected chi connectivity index (χ3v) is 23.9.